The second-order valence-electron chi connectivity index (χ2n) is 6.58. The van der Waals surface area contributed by atoms with E-state index in [-0.39, 0.29) is 5.54 Å². The number of hydrogen-bond donors (Lipinski definition) is 1. The summed E-state index contributed by atoms with van der Waals surface area (Å²) in [5.41, 5.74) is 3.29. The Kier molecular flexibility index (Phi) is 3.86. The number of nitrogens with one attached hydrogen (secondary N) is 1. The van der Waals surface area contributed by atoms with Gasteiger partial charge in [0.05, 0.1) is 0 Å². The van der Waals surface area contributed by atoms with Crippen LogP contribution in [0, 0.1) is 5.92 Å². The third-order valence-corrected chi connectivity index (χ3v) is 5.68. The first-order valence-corrected chi connectivity index (χ1v) is 8.15. The molecule has 1 saturated carbocycles. The lowest BCUT2D eigenvalue weighted by molar-refractivity contribution is 0.212. The molecule has 3 rings (SSSR count). The topological polar surface area (TPSA) is 12.0 Å². The Morgan fingerprint density at radius 3 is 2.68 bits per heavy atom. The van der Waals surface area contributed by atoms with Gasteiger partial charge in [-0.1, -0.05) is 31.2 Å². The van der Waals surface area contributed by atoms with Gasteiger partial charge in [-0.2, -0.15) is 0 Å². The Bertz CT molecular complexity index is 435. The molecular weight excluding hydrogens is 254 g/mol. The van der Waals surface area contributed by atoms with Crippen LogP contribution in [0.15, 0.2) is 24.3 Å². The van der Waals surface area contributed by atoms with Crippen LogP contribution in [0.1, 0.15) is 49.7 Å². The Balaban J connectivity index is 1.57. The first kappa shape index (κ1) is 13.5. The van der Waals surface area contributed by atoms with Gasteiger partial charge in [0.2, 0.25) is 0 Å². The van der Waals surface area contributed by atoms with Gasteiger partial charge in [0, 0.05) is 23.9 Å². The molecule has 2 aliphatic rings. The molecule has 1 N–H and O–H groups in total. The molecule has 1 atom stereocenters. The third-order valence-electron chi connectivity index (χ3n) is 5.17. The van der Waals surface area contributed by atoms with Gasteiger partial charge in [-0.3, -0.25) is 0 Å². The molecule has 1 unspecified atom stereocenters. The summed E-state index contributed by atoms with van der Waals surface area (Å²) < 4.78 is 0. The van der Waals surface area contributed by atoms with Crippen molar-refractivity contribution in [2.24, 2.45) is 5.92 Å². The maximum atomic E-state index is 6.27. The fourth-order valence-corrected chi connectivity index (χ4v) is 3.92. The molecule has 1 aromatic rings. The molecule has 0 amide bonds. The number of hydrogen-bond acceptors (Lipinski definition) is 1. The quantitative estimate of drug-likeness (QED) is 0.817. The maximum Gasteiger partial charge on any atom is 0.0406 e. The van der Waals surface area contributed by atoms with E-state index in [9.17, 15) is 0 Å². The van der Waals surface area contributed by atoms with Crippen LogP contribution in [0.2, 0.25) is 0 Å². The summed E-state index contributed by atoms with van der Waals surface area (Å²) in [5.74, 6) is 2.34. The summed E-state index contributed by atoms with van der Waals surface area (Å²) in [6.45, 7) is 3.46. The van der Waals surface area contributed by atoms with Crippen LogP contribution in [0.25, 0.3) is 0 Å². The van der Waals surface area contributed by atoms with Crippen molar-refractivity contribution in [3.05, 3.63) is 35.4 Å². The van der Waals surface area contributed by atoms with Crippen molar-refractivity contribution >= 4 is 11.6 Å². The first-order valence-electron chi connectivity index (χ1n) is 7.61. The van der Waals surface area contributed by atoms with Crippen LogP contribution in [0.3, 0.4) is 0 Å². The van der Waals surface area contributed by atoms with Crippen molar-refractivity contribution in [2.75, 3.05) is 12.4 Å². The zero-order valence-corrected chi connectivity index (χ0v) is 12.5. The van der Waals surface area contributed by atoms with Crippen molar-refractivity contribution < 1.29 is 0 Å². The largest absolute Gasteiger partial charge is 0.309 e. The van der Waals surface area contributed by atoms with Crippen LogP contribution in [-0.2, 0) is 6.42 Å². The lowest BCUT2D eigenvalue weighted by atomic mass is 9.75. The van der Waals surface area contributed by atoms with E-state index in [1.165, 1.54) is 37.7 Å². The van der Waals surface area contributed by atoms with E-state index >= 15 is 0 Å². The summed E-state index contributed by atoms with van der Waals surface area (Å²) >= 11 is 6.27. The smallest absolute Gasteiger partial charge is 0.0406 e. The molecule has 0 saturated heterocycles. The van der Waals surface area contributed by atoms with Crippen LogP contribution in [0.5, 0.6) is 0 Å². The summed E-state index contributed by atoms with van der Waals surface area (Å²) in [7, 11) is 0. The van der Waals surface area contributed by atoms with Crippen molar-refractivity contribution in [3.8, 4) is 0 Å². The normalized spacial score (nSPS) is 33.6. The molecule has 1 fully saturated rings. The SMILES string of the molecule is CC1CCC(CCl)(NCC2Cc3ccccc32)CC1. The van der Waals surface area contributed by atoms with Gasteiger partial charge in [0.1, 0.15) is 0 Å². The van der Waals surface area contributed by atoms with Crippen molar-refractivity contribution in [1.82, 2.24) is 5.32 Å². The van der Waals surface area contributed by atoms with Gasteiger partial charge in [0.15, 0.2) is 0 Å². The van der Waals surface area contributed by atoms with E-state index in [2.05, 4.69) is 36.5 Å². The van der Waals surface area contributed by atoms with Crippen molar-refractivity contribution in [1.29, 1.82) is 0 Å². The molecule has 0 radical (unpaired) electrons. The van der Waals surface area contributed by atoms with E-state index in [0.717, 1.165) is 18.3 Å². The molecule has 0 bridgehead atoms. The molecule has 0 aromatic heterocycles. The predicted octanol–water partition coefficient (Wildman–Crippen LogP) is 4.10. The lowest BCUT2D eigenvalue weighted by Gasteiger charge is -2.41. The van der Waals surface area contributed by atoms with E-state index < -0.39 is 0 Å². The molecule has 104 valence electrons. The molecule has 19 heavy (non-hydrogen) atoms. The molecule has 1 aromatic carbocycles. The minimum absolute atomic E-state index is 0.207. The van der Waals surface area contributed by atoms with E-state index in [4.69, 9.17) is 11.6 Å². The zero-order chi connectivity index (χ0) is 13.3. The summed E-state index contributed by atoms with van der Waals surface area (Å²) in [6.07, 6.45) is 6.36. The first-order chi connectivity index (χ1) is 9.22. The molecule has 0 aliphatic heterocycles. The minimum atomic E-state index is 0.207. The number of alkyl halides is 1. The summed E-state index contributed by atoms with van der Waals surface area (Å²) in [5, 5.41) is 3.82. The summed E-state index contributed by atoms with van der Waals surface area (Å²) in [6, 6.07) is 8.84. The Morgan fingerprint density at radius 1 is 1.26 bits per heavy atom. The molecule has 0 spiro atoms. The molecular formula is C17H24ClN. The van der Waals surface area contributed by atoms with Gasteiger partial charge >= 0.3 is 0 Å². The minimum Gasteiger partial charge on any atom is -0.309 e. The predicted molar refractivity (Wildman–Crippen MR) is 82.0 cm³/mol. The Labute approximate surface area is 121 Å². The van der Waals surface area contributed by atoms with Gasteiger partial charge in [0.25, 0.3) is 0 Å². The highest BCUT2D eigenvalue weighted by Gasteiger charge is 2.35. The molecule has 0 heterocycles. The number of fused-ring (bicyclic) bond motifs is 1. The standard InChI is InChI=1S/C17H24ClN/c1-13-6-8-17(12-18,9-7-13)19-11-15-10-14-4-2-3-5-16(14)15/h2-5,13,15,19H,6-12H2,1H3. The highest BCUT2D eigenvalue weighted by atomic mass is 35.5. The van der Waals surface area contributed by atoms with Crippen LogP contribution in [-0.4, -0.2) is 18.0 Å². The van der Waals surface area contributed by atoms with E-state index in [1.54, 1.807) is 5.56 Å². The Hall–Kier alpha value is -0.530. The van der Waals surface area contributed by atoms with Crippen LogP contribution < -0.4 is 5.32 Å². The maximum absolute atomic E-state index is 6.27. The fraction of sp³-hybridized carbons (Fsp3) is 0.647. The lowest BCUT2D eigenvalue weighted by Crippen LogP contribution is -2.51. The second-order valence-corrected chi connectivity index (χ2v) is 6.84. The molecule has 1 nitrogen and oxygen atoms in total. The van der Waals surface area contributed by atoms with E-state index in [1.807, 2.05) is 0 Å². The van der Waals surface area contributed by atoms with E-state index in [0.29, 0.717) is 5.92 Å². The highest BCUT2D eigenvalue weighted by Crippen LogP contribution is 2.37. The number of benzene rings is 1. The molecule has 2 aliphatic carbocycles. The Morgan fingerprint density at radius 2 is 2.00 bits per heavy atom. The molecule has 2 heteroatoms. The van der Waals surface area contributed by atoms with Crippen molar-refractivity contribution in [3.63, 3.8) is 0 Å². The average Bonchev–Trinajstić information content (AvgIpc) is 2.42. The fourth-order valence-electron chi connectivity index (χ4n) is 3.56. The average molecular weight is 278 g/mol. The second kappa shape index (κ2) is 5.46. The van der Waals surface area contributed by atoms with Crippen molar-refractivity contribution in [2.45, 2.75) is 50.5 Å². The monoisotopic (exact) mass is 277 g/mol. The van der Waals surface area contributed by atoms with Gasteiger partial charge in [-0.25, -0.2) is 0 Å². The van der Waals surface area contributed by atoms with Gasteiger partial charge in [-0.15, -0.1) is 11.6 Å². The zero-order valence-electron chi connectivity index (χ0n) is 11.8. The summed E-state index contributed by atoms with van der Waals surface area (Å²) in [4.78, 5) is 0. The third kappa shape index (κ3) is 2.68. The number of rotatable bonds is 4. The van der Waals surface area contributed by atoms with Gasteiger partial charge < -0.3 is 5.32 Å². The van der Waals surface area contributed by atoms with Crippen LogP contribution >= 0.6 is 11.6 Å². The highest BCUT2D eigenvalue weighted by molar-refractivity contribution is 6.18. The van der Waals surface area contributed by atoms with Gasteiger partial charge in [-0.05, 0) is 49.1 Å². The number of halogens is 1. The van der Waals surface area contributed by atoms with Crippen LogP contribution in [0.4, 0.5) is 0 Å².